The largest absolute Gasteiger partial charge is 0.351 e. The van der Waals surface area contributed by atoms with Gasteiger partial charge in [0.25, 0.3) is 0 Å². The molecule has 4 heteroatoms. The Morgan fingerprint density at radius 2 is 1.88 bits per heavy atom. The Kier molecular flexibility index (Phi) is 2.69. The second-order valence-electron chi connectivity index (χ2n) is 4.23. The lowest BCUT2D eigenvalue weighted by molar-refractivity contribution is 0.761. The molecule has 0 amide bonds. The van der Waals surface area contributed by atoms with E-state index in [4.69, 9.17) is 11.6 Å². The Hall–Kier alpha value is -1.61. The van der Waals surface area contributed by atoms with E-state index in [0.717, 1.165) is 17.9 Å². The van der Waals surface area contributed by atoms with Gasteiger partial charge in [0.1, 0.15) is 0 Å². The van der Waals surface area contributed by atoms with Crippen LogP contribution >= 0.6 is 11.6 Å². The van der Waals surface area contributed by atoms with Crippen molar-refractivity contribution in [1.82, 2.24) is 9.97 Å². The van der Waals surface area contributed by atoms with Crippen LogP contribution in [-0.2, 0) is 12.8 Å². The van der Waals surface area contributed by atoms with Gasteiger partial charge in [-0.15, -0.1) is 0 Å². The molecule has 3 nitrogen and oxygen atoms in total. The van der Waals surface area contributed by atoms with E-state index < -0.39 is 0 Å². The number of hydrogen-bond acceptors (Lipinski definition) is 3. The first-order chi connectivity index (χ1) is 8.31. The van der Waals surface area contributed by atoms with Crippen LogP contribution in [0, 0.1) is 0 Å². The molecule has 0 radical (unpaired) electrons. The third kappa shape index (κ3) is 2.24. The molecule has 86 valence electrons. The van der Waals surface area contributed by atoms with Crippen molar-refractivity contribution in [1.29, 1.82) is 0 Å². The van der Waals surface area contributed by atoms with Crippen LogP contribution in [0.5, 0.6) is 0 Å². The van der Waals surface area contributed by atoms with Crippen molar-refractivity contribution in [3.63, 3.8) is 0 Å². The summed E-state index contributed by atoms with van der Waals surface area (Å²) in [7, 11) is 0. The van der Waals surface area contributed by atoms with Crippen molar-refractivity contribution >= 4 is 17.5 Å². The Morgan fingerprint density at radius 1 is 1.12 bits per heavy atom. The molecule has 1 aliphatic rings. The van der Waals surface area contributed by atoms with Gasteiger partial charge in [-0.3, -0.25) is 0 Å². The quantitative estimate of drug-likeness (QED) is 0.884. The van der Waals surface area contributed by atoms with Crippen molar-refractivity contribution in [2.75, 3.05) is 5.32 Å². The first-order valence-electron chi connectivity index (χ1n) is 5.62. The standard InChI is InChI=1S/C13H12ClN3/c14-11-3-2-9-7-12(8-10(9)6-11)17-13-15-4-1-5-16-13/h1-6,12H,7-8H2,(H,15,16,17). The molecular formula is C13H12ClN3. The zero-order valence-corrected chi connectivity index (χ0v) is 9.98. The van der Waals surface area contributed by atoms with Crippen molar-refractivity contribution in [3.8, 4) is 0 Å². The van der Waals surface area contributed by atoms with E-state index in [1.165, 1.54) is 11.1 Å². The number of rotatable bonds is 2. The molecule has 0 saturated carbocycles. The number of nitrogens with zero attached hydrogens (tertiary/aromatic N) is 2. The maximum absolute atomic E-state index is 5.99. The van der Waals surface area contributed by atoms with Crippen LogP contribution in [-0.4, -0.2) is 16.0 Å². The molecule has 1 heterocycles. The molecule has 1 atom stereocenters. The third-order valence-electron chi connectivity index (χ3n) is 3.00. The average molecular weight is 246 g/mol. The Morgan fingerprint density at radius 3 is 2.71 bits per heavy atom. The van der Waals surface area contributed by atoms with E-state index in [-0.39, 0.29) is 0 Å². The summed E-state index contributed by atoms with van der Waals surface area (Å²) in [6, 6.07) is 8.28. The molecule has 0 aliphatic heterocycles. The average Bonchev–Trinajstić information content (AvgIpc) is 2.71. The maximum Gasteiger partial charge on any atom is 0.222 e. The van der Waals surface area contributed by atoms with Crippen molar-refractivity contribution in [2.45, 2.75) is 18.9 Å². The Labute approximate surface area is 105 Å². The summed E-state index contributed by atoms with van der Waals surface area (Å²) in [5, 5.41) is 4.15. The summed E-state index contributed by atoms with van der Waals surface area (Å²) >= 11 is 5.99. The highest BCUT2D eigenvalue weighted by Crippen LogP contribution is 2.26. The van der Waals surface area contributed by atoms with Crippen molar-refractivity contribution in [3.05, 3.63) is 52.8 Å². The Balaban J connectivity index is 1.74. The lowest BCUT2D eigenvalue weighted by Crippen LogP contribution is -2.20. The van der Waals surface area contributed by atoms with Gasteiger partial charge in [-0.05, 0) is 42.2 Å². The first-order valence-corrected chi connectivity index (χ1v) is 6.00. The van der Waals surface area contributed by atoms with Crippen LogP contribution in [0.1, 0.15) is 11.1 Å². The number of halogens is 1. The van der Waals surface area contributed by atoms with E-state index in [2.05, 4.69) is 21.4 Å². The monoisotopic (exact) mass is 245 g/mol. The van der Waals surface area contributed by atoms with Gasteiger partial charge >= 0.3 is 0 Å². The Bertz CT molecular complexity index is 527. The zero-order chi connectivity index (χ0) is 11.7. The van der Waals surface area contributed by atoms with Gasteiger partial charge in [0.2, 0.25) is 5.95 Å². The fourth-order valence-electron chi connectivity index (χ4n) is 2.25. The molecule has 1 N–H and O–H groups in total. The second-order valence-corrected chi connectivity index (χ2v) is 4.67. The number of aromatic nitrogens is 2. The molecule has 0 fully saturated rings. The molecule has 1 unspecified atom stereocenters. The van der Waals surface area contributed by atoms with E-state index >= 15 is 0 Å². The van der Waals surface area contributed by atoms with Gasteiger partial charge in [-0.25, -0.2) is 9.97 Å². The van der Waals surface area contributed by atoms with E-state index in [1.54, 1.807) is 12.4 Å². The summed E-state index contributed by atoms with van der Waals surface area (Å²) in [5.41, 5.74) is 2.69. The zero-order valence-electron chi connectivity index (χ0n) is 9.23. The van der Waals surface area contributed by atoms with Crippen LogP contribution in [0.4, 0.5) is 5.95 Å². The van der Waals surface area contributed by atoms with Gasteiger partial charge in [-0.1, -0.05) is 17.7 Å². The molecule has 1 aromatic carbocycles. The molecule has 1 aromatic heterocycles. The molecule has 0 saturated heterocycles. The van der Waals surface area contributed by atoms with Gasteiger partial charge in [0, 0.05) is 23.5 Å². The van der Waals surface area contributed by atoms with Crippen molar-refractivity contribution < 1.29 is 0 Å². The number of anilines is 1. The molecule has 0 spiro atoms. The molecular weight excluding hydrogens is 234 g/mol. The summed E-state index contributed by atoms with van der Waals surface area (Å²) in [6.07, 6.45) is 5.47. The van der Waals surface area contributed by atoms with Crippen molar-refractivity contribution in [2.24, 2.45) is 0 Å². The van der Waals surface area contributed by atoms with Gasteiger partial charge < -0.3 is 5.32 Å². The highest BCUT2D eigenvalue weighted by Gasteiger charge is 2.21. The lowest BCUT2D eigenvalue weighted by Gasteiger charge is -2.10. The number of benzene rings is 1. The summed E-state index contributed by atoms with van der Waals surface area (Å²) < 4.78 is 0. The van der Waals surface area contributed by atoms with Gasteiger partial charge in [0.15, 0.2) is 0 Å². The predicted molar refractivity (Wildman–Crippen MR) is 68.3 cm³/mol. The van der Waals surface area contributed by atoms with Crippen LogP contribution in [0.25, 0.3) is 0 Å². The van der Waals surface area contributed by atoms with Crippen LogP contribution in [0.2, 0.25) is 5.02 Å². The summed E-state index contributed by atoms with van der Waals surface area (Å²) in [6.45, 7) is 0. The first kappa shape index (κ1) is 10.5. The summed E-state index contributed by atoms with van der Waals surface area (Å²) in [4.78, 5) is 8.35. The van der Waals surface area contributed by atoms with Crippen LogP contribution in [0.15, 0.2) is 36.7 Å². The molecule has 17 heavy (non-hydrogen) atoms. The second kappa shape index (κ2) is 4.34. The number of hydrogen-bond donors (Lipinski definition) is 1. The number of nitrogens with one attached hydrogen (secondary N) is 1. The van der Waals surface area contributed by atoms with Crippen LogP contribution in [0.3, 0.4) is 0 Å². The fourth-order valence-corrected chi connectivity index (χ4v) is 2.44. The van der Waals surface area contributed by atoms with E-state index in [9.17, 15) is 0 Å². The van der Waals surface area contributed by atoms with E-state index in [1.807, 2.05) is 18.2 Å². The summed E-state index contributed by atoms with van der Waals surface area (Å²) in [5.74, 6) is 0.691. The third-order valence-corrected chi connectivity index (χ3v) is 3.24. The molecule has 3 rings (SSSR count). The maximum atomic E-state index is 5.99. The minimum Gasteiger partial charge on any atom is -0.351 e. The van der Waals surface area contributed by atoms with Gasteiger partial charge in [0.05, 0.1) is 0 Å². The fraction of sp³-hybridized carbons (Fsp3) is 0.231. The minimum atomic E-state index is 0.367. The predicted octanol–water partition coefficient (Wildman–Crippen LogP) is 2.71. The highest BCUT2D eigenvalue weighted by atomic mass is 35.5. The SMILES string of the molecule is Clc1ccc2c(c1)CC(Nc1ncccn1)C2. The smallest absolute Gasteiger partial charge is 0.222 e. The molecule has 0 bridgehead atoms. The molecule has 1 aliphatic carbocycles. The minimum absolute atomic E-state index is 0.367. The topological polar surface area (TPSA) is 37.8 Å². The molecule has 2 aromatic rings. The van der Waals surface area contributed by atoms with Gasteiger partial charge in [-0.2, -0.15) is 0 Å². The highest BCUT2D eigenvalue weighted by molar-refractivity contribution is 6.30. The van der Waals surface area contributed by atoms with Crippen LogP contribution < -0.4 is 5.32 Å². The number of fused-ring (bicyclic) bond motifs is 1. The lowest BCUT2D eigenvalue weighted by atomic mass is 10.1. The normalized spacial score (nSPS) is 17.8. The van der Waals surface area contributed by atoms with E-state index in [0.29, 0.717) is 12.0 Å².